The smallest absolute Gasteiger partial charge is 0.244 e. The lowest BCUT2D eigenvalue weighted by atomic mass is 10.1. The summed E-state index contributed by atoms with van der Waals surface area (Å²) in [6.45, 7) is 0. The van der Waals surface area contributed by atoms with Crippen molar-refractivity contribution in [2.45, 2.75) is 31.3 Å². The van der Waals surface area contributed by atoms with E-state index in [1.807, 2.05) is 48.1 Å². The molecule has 1 aromatic carbocycles. The van der Waals surface area contributed by atoms with Gasteiger partial charge < -0.3 is 9.88 Å². The van der Waals surface area contributed by atoms with E-state index in [4.69, 9.17) is 4.98 Å². The fourth-order valence-electron chi connectivity index (χ4n) is 3.65. The van der Waals surface area contributed by atoms with Gasteiger partial charge in [0.25, 0.3) is 0 Å². The molecule has 0 bridgehead atoms. The monoisotopic (exact) mass is 394 g/mol. The largest absolute Gasteiger partial charge is 0.333 e. The van der Waals surface area contributed by atoms with Gasteiger partial charge in [-0.1, -0.05) is 41.7 Å². The molecule has 28 heavy (non-hydrogen) atoms. The molecule has 3 heterocycles. The first-order valence-electron chi connectivity index (χ1n) is 9.55. The average molecular weight is 395 g/mol. The maximum atomic E-state index is 12.7. The molecule has 1 saturated carbocycles. The van der Waals surface area contributed by atoms with Crippen molar-refractivity contribution in [3.8, 4) is 22.0 Å². The molecule has 1 aliphatic carbocycles. The second kappa shape index (κ2) is 7.12. The summed E-state index contributed by atoms with van der Waals surface area (Å²) in [5, 5.41) is 3.60. The van der Waals surface area contributed by atoms with Crippen LogP contribution in [0.15, 0.2) is 42.7 Å². The summed E-state index contributed by atoms with van der Waals surface area (Å²) in [4.78, 5) is 22.9. The molecule has 0 radical (unpaired) electrons. The molecule has 7 nitrogen and oxygen atoms in total. The zero-order valence-corrected chi connectivity index (χ0v) is 16.4. The first kappa shape index (κ1) is 17.5. The van der Waals surface area contributed by atoms with Crippen LogP contribution >= 0.6 is 11.3 Å². The molecule has 1 amide bonds. The maximum Gasteiger partial charge on any atom is 0.244 e. The number of anilines is 1. The molecule has 1 saturated heterocycles. The summed E-state index contributed by atoms with van der Waals surface area (Å²) in [7, 11) is 1.96. The average Bonchev–Trinajstić information content (AvgIpc) is 3.10. The van der Waals surface area contributed by atoms with Crippen LogP contribution in [0.25, 0.3) is 22.0 Å². The maximum absolute atomic E-state index is 12.7. The Kier molecular flexibility index (Phi) is 4.46. The van der Waals surface area contributed by atoms with Gasteiger partial charge in [-0.15, -0.1) is 0 Å². The number of hydrogen-bond acceptors (Lipinski definition) is 6. The van der Waals surface area contributed by atoms with Crippen LogP contribution in [0, 0.1) is 5.92 Å². The van der Waals surface area contributed by atoms with Crippen molar-refractivity contribution in [1.29, 1.82) is 0 Å². The van der Waals surface area contributed by atoms with E-state index in [0.717, 1.165) is 28.4 Å². The lowest BCUT2D eigenvalue weighted by molar-refractivity contribution is -0.117. The predicted molar refractivity (Wildman–Crippen MR) is 110 cm³/mol. The van der Waals surface area contributed by atoms with Crippen LogP contribution in [0.1, 0.15) is 19.3 Å². The number of nitrogens with one attached hydrogen (secondary N) is 3. The van der Waals surface area contributed by atoms with E-state index in [1.54, 1.807) is 6.20 Å². The summed E-state index contributed by atoms with van der Waals surface area (Å²) in [5.41, 5.74) is 8.25. The van der Waals surface area contributed by atoms with Gasteiger partial charge in [0, 0.05) is 31.0 Å². The molecule has 2 aliphatic rings. The molecule has 2 aromatic heterocycles. The Morgan fingerprint density at radius 2 is 2.07 bits per heavy atom. The molecule has 2 atom stereocenters. The Labute approximate surface area is 167 Å². The van der Waals surface area contributed by atoms with Gasteiger partial charge in [0.15, 0.2) is 11.0 Å². The van der Waals surface area contributed by atoms with E-state index in [9.17, 15) is 4.79 Å². The third-order valence-electron chi connectivity index (χ3n) is 5.37. The molecule has 2 unspecified atom stereocenters. The van der Waals surface area contributed by atoms with Crippen LogP contribution in [-0.2, 0) is 11.8 Å². The van der Waals surface area contributed by atoms with E-state index in [2.05, 4.69) is 21.2 Å². The van der Waals surface area contributed by atoms with Crippen molar-refractivity contribution in [3.05, 3.63) is 42.7 Å². The van der Waals surface area contributed by atoms with E-state index in [1.165, 1.54) is 24.2 Å². The van der Waals surface area contributed by atoms with Gasteiger partial charge in [0.05, 0.1) is 10.6 Å². The normalized spacial score (nSPS) is 21.8. The number of rotatable bonds is 5. The molecular weight excluding hydrogens is 372 g/mol. The van der Waals surface area contributed by atoms with Crippen molar-refractivity contribution in [3.63, 3.8) is 0 Å². The Balaban J connectivity index is 1.41. The second-order valence-electron chi connectivity index (χ2n) is 7.43. The number of benzene rings is 1. The number of imidazole rings is 1. The summed E-state index contributed by atoms with van der Waals surface area (Å²) >= 11 is 1.46. The van der Waals surface area contributed by atoms with Crippen molar-refractivity contribution in [1.82, 2.24) is 25.4 Å². The highest BCUT2D eigenvalue weighted by atomic mass is 32.1. The van der Waals surface area contributed by atoms with Gasteiger partial charge in [-0.2, -0.15) is 0 Å². The minimum Gasteiger partial charge on any atom is -0.333 e. The molecule has 0 spiro atoms. The van der Waals surface area contributed by atoms with Crippen LogP contribution in [0.2, 0.25) is 0 Å². The Bertz CT molecular complexity index is 993. The number of aryl methyl sites for hydroxylation is 1. The van der Waals surface area contributed by atoms with Gasteiger partial charge in [0.1, 0.15) is 6.04 Å². The summed E-state index contributed by atoms with van der Waals surface area (Å²) in [6.07, 6.45) is 7.02. The molecule has 3 N–H and O–H groups in total. The number of thiazole rings is 1. The summed E-state index contributed by atoms with van der Waals surface area (Å²) in [5.74, 6) is 1.51. The van der Waals surface area contributed by atoms with Gasteiger partial charge in [0.2, 0.25) is 5.91 Å². The minimum absolute atomic E-state index is 0.0459. The van der Waals surface area contributed by atoms with Gasteiger partial charge in [-0.25, -0.2) is 15.4 Å². The minimum atomic E-state index is -0.230. The molecule has 2 fully saturated rings. The zero-order valence-electron chi connectivity index (χ0n) is 15.6. The summed E-state index contributed by atoms with van der Waals surface area (Å²) < 4.78 is 1.97. The Morgan fingerprint density at radius 1 is 1.25 bits per heavy atom. The first-order chi connectivity index (χ1) is 13.7. The number of hydrogen-bond donors (Lipinski definition) is 3. The first-order valence-corrected chi connectivity index (χ1v) is 10.4. The van der Waals surface area contributed by atoms with E-state index >= 15 is 0 Å². The van der Waals surface area contributed by atoms with E-state index < -0.39 is 0 Å². The fraction of sp³-hybridized carbons (Fsp3) is 0.350. The molecule has 8 heteroatoms. The van der Waals surface area contributed by atoms with Crippen LogP contribution in [0.5, 0.6) is 0 Å². The van der Waals surface area contributed by atoms with Crippen molar-refractivity contribution >= 4 is 22.4 Å². The fourth-order valence-corrected chi connectivity index (χ4v) is 4.68. The Hall–Kier alpha value is -2.55. The number of amides is 1. The molecular formula is C20H22N6OS. The van der Waals surface area contributed by atoms with Gasteiger partial charge >= 0.3 is 0 Å². The molecule has 3 aromatic rings. The lowest BCUT2D eigenvalue weighted by Crippen LogP contribution is -2.40. The highest BCUT2D eigenvalue weighted by molar-refractivity contribution is 7.19. The third kappa shape index (κ3) is 3.34. The number of carbonyl (C=O) groups excluding carboxylic acids is 1. The van der Waals surface area contributed by atoms with Gasteiger partial charge in [-0.05, 0) is 25.2 Å². The van der Waals surface area contributed by atoms with E-state index in [0.29, 0.717) is 17.1 Å². The third-order valence-corrected chi connectivity index (χ3v) is 6.34. The number of aromatic nitrogens is 3. The molecule has 5 rings (SSSR count). The molecule has 1 aliphatic heterocycles. The predicted octanol–water partition coefficient (Wildman–Crippen LogP) is 2.79. The van der Waals surface area contributed by atoms with Crippen LogP contribution in [0.3, 0.4) is 0 Å². The Morgan fingerprint density at radius 3 is 2.79 bits per heavy atom. The molecule has 144 valence electrons. The van der Waals surface area contributed by atoms with Crippen LogP contribution in [0.4, 0.5) is 5.13 Å². The summed E-state index contributed by atoms with van der Waals surface area (Å²) in [6, 6.07) is 10.2. The van der Waals surface area contributed by atoms with Gasteiger partial charge in [-0.3, -0.25) is 10.2 Å². The van der Waals surface area contributed by atoms with Crippen molar-refractivity contribution < 1.29 is 4.79 Å². The van der Waals surface area contributed by atoms with Crippen molar-refractivity contribution in [2.75, 3.05) is 5.32 Å². The number of carbonyl (C=O) groups is 1. The van der Waals surface area contributed by atoms with Crippen LogP contribution in [-0.4, -0.2) is 32.5 Å². The number of nitrogens with zero attached hydrogens (tertiary/aromatic N) is 3. The van der Waals surface area contributed by atoms with Crippen LogP contribution < -0.4 is 16.2 Å². The quantitative estimate of drug-likeness (QED) is 0.620. The highest BCUT2D eigenvalue weighted by Crippen LogP contribution is 2.39. The lowest BCUT2D eigenvalue weighted by Gasteiger charge is -2.08. The van der Waals surface area contributed by atoms with E-state index in [-0.39, 0.29) is 11.9 Å². The highest BCUT2D eigenvalue weighted by Gasteiger charge is 2.39. The number of hydrazine groups is 1. The standard InChI is InChI=1S/C20H22N6OS/c1-26-10-9-21-18(26)17-16(13-5-3-2-4-6-13)22-20(28-17)23-19(27)15-11-14(24-25-15)12-7-8-12/h2-6,9-10,12,14-15,24-25H,7-8,11H2,1H3,(H,22,23,27). The zero-order chi connectivity index (χ0) is 19.1. The topological polar surface area (TPSA) is 83.9 Å². The second-order valence-corrected chi connectivity index (χ2v) is 8.43. The van der Waals surface area contributed by atoms with Crippen molar-refractivity contribution in [2.24, 2.45) is 13.0 Å². The SMILES string of the molecule is Cn1ccnc1-c1sc(NC(=O)C2CC(C3CC3)NN2)nc1-c1ccccc1.